The summed E-state index contributed by atoms with van der Waals surface area (Å²) in [4.78, 5) is 11.8. The minimum Gasteiger partial charge on any atom is -0.469 e. The van der Waals surface area contributed by atoms with Crippen LogP contribution in [0, 0.1) is 0 Å². The van der Waals surface area contributed by atoms with Crippen LogP contribution in [-0.4, -0.2) is 19.7 Å². The summed E-state index contributed by atoms with van der Waals surface area (Å²) in [5.74, 6) is -0.230. The van der Waals surface area contributed by atoms with Gasteiger partial charge in [-0.3, -0.25) is 4.79 Å². The number of hydrogen-bond acceptors (Lipinski definition) is 4. The lowest BCUT2D eigenvalue weighted by Crippen LogP contribution is -2.05. The quantitative estimate of drug-likeness (QED) is 0.537. The zero-order chi connectivity index (χ0) is 9.52. The van der Waals surface area contributed by atoms with Gasteiger partial charge < -0.3 is 9.47 Å². The minimum atomic E-state index is -0.230. The van der Waals surface area contributed by atoms with E-state index in [1.807, 2.05) is 17.5 Å². The average molecular weight is 200 g/mol. The molecule has 1 aromatic rings. The lowest BCUT2D eigenvalue weighted by Gasteiger charge is -2.00. The van der Waals surface area contributed by atoms with Crippen LogP contribution in [0.4, 0.5) is 0 Å². The van der Waals surface area contributed by atoms with Gasteiger partial charge in [-0.25, -0.2) is 0 Å². The minimum absolute atomic E-state index is 0.230. The Labute approximate surface area is 81.3 Å². The fourth-order valence-corrected chi connectivity index (χ4v) is 1.47. The smallest absolute Gasteiger partial charge is 0.307 e. The van der Waals surface area contributed by atoms with Gasteiger partial charge >= 0.3 is 5.97 Å². The number of rotatable bonds is 5. The molecule has 0 saturated heterocycles. The van der Waals surface area contributed by atoms with Crippen LogP contribution in [0.3, 0.4) is 0 Å². The third-order valence-electron chi connectivity index (χ3n) is 1.50. The third-order valence-corrected chi connectivity index (χ3v) is 2.35. The van der Waals surface area contributed by atoms with Gasteiger partial charge in [-0.2, -0.15) is 0 Å². The molecule has 0 atom stereocenters. The molecule has 0 radical (unpaired) electrons. The molecule has 0 amide bonds. The Morgan fingerprint density at radius 3 is 3.08 bits per heavy atom. The Morgan fingerprint density at radius 1 is 1.62 bits per heavy atom. The van der Waals surface area contributed by atoms with Crippen LogP contribution in [0.15, 0.2) is 17.5 Å². The van der Waals surface area contributed by atoms with Gasteiger partial charge in [-0.05, 0) is 11.4 Å². The Hall–Kier alpha value is -0.870. The lowest BCUT2D eigenvalue weighted by molar-refractivity contribution is -0.141. The molecule has 1 heterocycles. The van der Waals surface area contributed by atoms with Gasteiger partial charge in [0.05, 0.1) is 26.7 Å². The summed E-state index contributed by atoms with van der Waals surface area (Å²) < 4.78 is 9.73. The molecule has 0 aliphatic heterocycles. The van der Waals surface area contributed by atoms with E-state index >= 15 is 0 Å². The zero-order valence-corrected chi connectivity index (χ0v) is 8.30. The highest BCUT2D eigenvalue weighted by molar-refractivity contribution is 7.09. The molecule has 0 spiro atoms. The fourth-order valence-electron chi connectivity index (χ4n) is 0.825. The average Bonchev–Trinajstić information content (AvgIpc) is 2.64. The maximum atomic E-state index is 10.7. The van der Waals surface area contributed by atoms with Gasteiger partial charge in [0.1, 0.15) is 0 Å². The molecule has 0 aliphatic rings. The zero-order valence-electron chi connectivity index (χ0n) is 7.49. The summed E-state index contributed by atoms with van der Waals surface area (Å²) in [7, 11) is 1.38. The molecule has 0 aromatic carbocycles. The summed E-state index contributed by atoms with van der Waals surface area (Å²) >= 11 is 1.65. The largest absolute Gasteiger partial charge is 0.469 e. The number of carbonyl (C=O) groups is 1. The molecular weight excluding hydrogens is 188 g/mol. The first kappa shape index (κ1) is 10.2. The van der Waals surface area contributed by atoms with Crippen molar-refractivity contribution in [2.75, 3.05) is 13.7 Å². The summed E-state index contributed by atoms with van der Waals surface area (Å²) in [6, 6.07) is 3.98. The van der Waals surface area contributed by atoms with Crippen LogP contribution in [-0.2, 0) is 20.9 Å². The summed E-state index contributed by atoms with van der Waals surface area (Å²) in [6.07, 6.45) is 0.321. The number of ether oxygens (including phenoxy) is 2. The first-order chi connectivity index (χ1) is 6.33. The number of esters is 1. The van der Waals surface area contributed by atoms with Crippen molar-refractivity contribution in [2.45, 2.75) is 13.0 Å². The maximum absolute atomic E-state index is 10.7. The molecule has 13 heavy (non-hydrogen) atoms. The van der Waals surface area contributed by atoms with E-state index in [9.17, 15) is 4.79 Å². The number of hydrogen-bond donors (Lipinski definition) is 0. The second kappa shape index (κ2) is 5.72. The maximum Gasteiger partial charge on any atom is 0.307 e. The number of methoxy groups -OCH3 is 1. The van der Waals surface area contributed by atoms with Crippen molar-refractivity contribution in [3.8, 4) is 0 Å². The summed E-state index contributed by atoms with van der Waals surface area (Å²) in [5, 5.41) is 2.00. The monoisotopic (exact) mass is 200 g/mol. The van der Waals surface area contributed by atoms with Crippen molar-refractivity contribution in [2.24, 2.45) is 0 Å². The Bertz CT molecular complexity index is 243. The molecule has 1 rings (SSSR count). The van der Waals surface area contributed by atoms with Crippen LogP contribution < -0.4 is 0 Å². The lowest BCUT2D eigenvalue weighted by atomic mass is 10.4. The van der Waals surface area contributed by atoms with E-state index in [0.717, 1.165) is 0 Å². The second-order valence-electron chi connectivity index (χ2n) is 2.46. The molecule has 4 heteroatoms. The van der Waals surface area contributed by atoms with Crippen LogP contribution in [0.2, 0.25) is 0 Å². The summed E-state index contributed by atoms with van der Waals surface area (Å²) in [6.45, 7) is 0.999. The fraction of sp³-hybridized carbons (Fsp3) is 0.444. The molecule has 0 fully saturated rings. The van der Waals surface area contributed by atoms with E-state index in [1.54, 1.807) is 11.3 Å². The van der Waals surface area contributed by atoms with Crippen molar-refractivity contribution >= 4 is 17.3 Å². The molecule has 0 N–H and O–H groups in total. The molecule has 72 valence electrons. The van der Waals surface area contributed by atoms with Crippen LogP contribution in [0.5, 0.6) is 0 Å². The predicted molar refractivity (Wildman–Crippen MR) is 50.6 cm³/mol. The van der Waals surface area contributed by atoms with Gasteiger partial charge in [-0.1, -0.05) is 6.07 Å². The van der Waals surface area contributed by atoms with Crippen LogP contribution in [0.1, 0.15) is 11.3 Å². The third kappa shape index (κ3) is 4.05. The molecule has 0 unspecified atom stereocenters. The van der Waals surface area contributed by atoms with Gasteiger partial charge in [-0.15, -0.1) is 11.3 Å². The summed E-state index contributed by atoms with van der Waals surface area (Å²) in [5.41, 5.74) is 0. The van der Waals surface area contributed by atoms with Crippen LogP contribution >= 0.6 is 11.3 Å². The topological polar surface area (TPSA) is 35.5 Å². The molecule has 1 aromatic heterocycles. The molecule has 0 saturated carbocycles. The molecule has 3 nitrogen and oxygen atoms in total. The predicted octanol–water partition coefficient (Wildman–Crippen LogP) is 1.83. The van der Waals surface area contributed by atoms with Crippen molar-refractivity contribution < 1.29 is 14.3 Å². The standard InChI is InChI=1S/C9H12O3S/c1-11-9(10)4-5-12-7-8-3-2-6-13-8/h2-3,6H,4-5,7H2,1H3. The van der Waals surface area contributed by atoms with E-state index < -0.39 is 0 Å². The van der Waals surface area contributed by atoms with Gasteiger partial charge in [0.2, 0.25) is 0 Å². The van der Waals surface area contributed by atoms with Gasteiger partial charge in [0.25, 0.3) is 0 Å². The van der Waals surface area contributed by atoms with Gasteiger partial charge in [0, 0.05) is 4.88 Å². The van der Waals surface area contributed by atoms with E-state index in [1.165, 1.54) is 12.0 Å². The number of carbonyl (C=O) groups excluding carboxylic acids is 1. The van der Waals surface area contributed by atoms with Crippen molar-refractivity contribution in [1.82, 2.24) is 0 Å². The van der Waals surface area contributed by atoms with E-state index in [-0.39, 0.29) is 5.97 Å². The normalized spacial score (nSPS) is 9.92. The Balaban J connectivity index is 2.05. The number of thiophene rings is 1. The van der Waals surface area contributed by atoms with E-state index in [2.05, 4.69) is 4.74 Å². The van der Waals surface area contributed by atoms with Crippen molar-refractivity contribution in [3.05, 3.63) is 22.4 Å². The Morgan fingerprint density at radius 2 is 2.46 bits per heavy atom. The Kier molecular flexibility index (Phi) is 4.49. The molecular formula is C9H12O3S. The van der Waals surface area contributed by atoms with Crippen molar-refractivity contribution in [3.63, 3.8) is 0 Å². The van der Waals surface area contributed by atoms with E-state index in [4.69, 9.17) is 4.74 Å². The van der Waals surface area contributed by atoms with Gasteiger partial charge in [0.15, 0.2) is 0 Å². The second-order valence-corrected chi connectivity index (χ2v) is 3.49. The first-order valence-corrected chi connectivity index (χ1v) is 4.88. The molecule has 0 aliphatic carbocycles. The molecule has 0 bridgehead atoms. The highest BCUT2D eigenvalue weighted by Crippen LogP contribution is 2.09. The van der Waals surface area contributed by atoms with Crippen molar-refractivity contribution in [1.29, 1.82) is 0 Å². The highest BCUT2D eigenvalue weighted by Gasteiger charge is 1.99. The first-order valence-electron chi connectivity index (χ1n) is 4.00. The SMILES string of the molecule is COC(=O)CCOCc1cccs1. The van der Waals surface area contributed by atoms with E-state index in [0.29, 0.717) is 19.6 Å². The highest BCUT2D eigenvalue weighted by atomic mass is 32.1. The van der Waals surface area contributed by atoms with Crippen LogP contribution in [0.25, 0.3) is 0 Å².